The highest BCUT2D eigenvalue weighted by Crippen LogP contribution is 2.42. The van der Waals surface area contributed by atoms with E-state index in [1.807, 2.05) is 54.6 Å². The smallest absolute Gasteiger partial charge is 0.475 e. The Kier molecular flexibility index (Phi) is 8.22. The molecule has 0 saturated carbocycles. The van der Waals surface area contributed by atoms with Gasteiger partial charge >= 0.3 is 12.1 Å². The molecule has 1 aliphatic carbocycles. The number of likely N-dealkylation sites (N-methyl/N-ethyl adjacent to an activating group) is 1. The Bertz CT molecular complexity index is 1210. The molecule has 0 spiro atoms. The molecule has 2 aromatic rings. The molecule has 0 radical (unpaired) electrons. The van der Waals surface area contributed by atoms with Crippen LogP contribution in [0.3, 0.4) is 0 Å². The molecule has 2 unspecified atom stereocenters. The maximum absolute atomic E-state index is 13.3. The molecule has 0 saturated heterocycles. The molecule has 0 bridgehead atoms. The molecule has 2 atom stereocenters. The second kappa shape index (κ2) is 11.0. The fourth-order valence-corrected chi connectivity index (χ4v) is 4.35. The summed E-state index contributed by atoms with van der Waals surface area (Å²) in [5.41, 5.74) is 7.78. The van der Waals surface area contributed by atoms with Crippen LogP contribution in [-0.2, 0) is 19.9 Å². The third kappa shape index (κ3) is 6.08. The van der Waals surface area contributed by atoms with E-state index >= 15 is 0 Å². The van der Waals surface area contributed by atoms with Gasteiger partial charge in [0.15, 0.2) is 11.5 Å². The minimum Gasteiger partial charge on any atom is -0.475 e. The zero-order chi connectivity index (χ0) is 27.3. The highest BCUT2D eigenvalue weighted by molar-refractivity contribution is 6.06. The lowest BCUT2D eigenvalue weighted by molar-refractivity contribution is -0.192. The number of carbonyl (C=O) groups is 2. The van der Waals surface area contributed by atoms with Gasteiger partial charge in [0.05, 0.1) is 5.60 Å². The van der Waals surface area contributed by atoms with E-state index in [9.17, 15) is 18.0 Å². The molecular formula is C27H28F3N3O4. The van der Waals surface area contributed by atoms with Gasteiger partial charge in [-0.25, -0.2) is 9.79 Å². The van der Waals surface area contributed by atoms with Gasteiger partial charge in [-0.2, -0.15) is 13.2 Å². The number of aliphatic carboxylic acids is 1. The van der Waals surface area contributed by atoms with Crippen LogP contribution in [0.4, 0.5) is 13.2 Å². The number of benzene rings is 2. The zero-order valence-corrected chi connectivity index (χ0v) is 20.4. The highest BCUT2D eigenvalue weighted by atomic mass is 19.4. The number of guanidine groups is 1. The summed E-state index contributed by atoms with van der Waals surface area (Å²) in [6.07, 6.45) is 3.05. The van der Waals surface area contributed by atoms with Crippen LogP contribution >= 0.6 is 0 Å². The van der Waals surface area contributed by atoms with Crippen LogP contribution in [0.5, 0.6) is 0 Å². The van der Waals surface area contributed by atoms with E-state index in [0.717, 1.165) is 12.0 Å². The van der Waals surface area contributed by atoms with Crippen LogP contribution in [0.2, 0.25) is 0 Å². The van der Waals surface area contributed by atoms with E-state index < -0.39 is 23.3 Å². The SMILES string of the molecule is COC1(CCC2(c3ccccc3)N=C(N)N(C)C2=O)C=CC=C(c2ccccc2)C1.O=C(O)C(F)(F)F. The van der Waals surface area contributed by atoms with Crippen LogP contribution in [0.25, 0.3) is 5.57 Å². The number of hydrogen-bond donors (Lipinski definition) is 2. The third-order valence-corrected chi connectivity index (χ3v) is 6.45. The number of nitrogens with two attached hydrogens (primary N) is 1. The van der Waals surface area contributed by atoms with Gasteiger partial charge in [-0.1, -0.05) is 78.9 Å². The second-order valence-corrected chi connectivity index (χ2v) is 8.73. The zero-order valence-electron chi connectivity index (χ0n) is 20.4. The summed E-state index contributed by atoms with van der Waals surface area (Å²) >= 11 is 0. The molecule has 1 heterocycles. The summed E-state index contributed by atoms with van der Waals surface area (Å²) in [4.78, 5) is 28.2. The molecule has 4 rings (SSSR count). The summed E-state index contributed by atoms with van der Waals surface area (Å²) < 4.78 is 37.8. The molecular weight excluding hydrogens is 487 g/mol. The summed E-state index contributed by atoms with van der Waals surface area (Å²) in [6, 6.07) is 20.0. The predicted molar refractivity (Wildman–Crippen MR) is 133 cm³/mol. The largest absolute Gasteiger partial charge is 0.490 e. The van der Waals surface area contributed by atoms with E-state index in [0.29, 0.717) is 12.8 Å². The van der Waals surface area contributed by atoms with Gasteiger partial charge in [0.25, 0.3) is 5.91 Å². The molecule has 196 valence electrons. The van der Waals surface area contributed by atoms with Crippen LogP contribution < -0.4 is 5.73 Å². The second-order valence-electron chi connectivity index (χ2n) is 8.73. The van der Waals surface area contributed by atoms with Crippen molar-refractivity contribution in [3.8, 4) is 0 Å². The van der Waals surface area contributed by atoms with Crippen molar-refractivity contribution in [2.75, 3.05) is 14.2 Å². The maximum Gasteiger partial charge on any atom is 0.490 e. The van der Waals surface area contributed by atoms with Crippen LogP contribution in [0.15, 0.2) is 83.9 Å². The van der Waals surface area contributed by atoms with E-state index in [1.54, 1.807) is 14.2 Å². The number of nitrogens with zero attached hydrogens (tertiary/aromatic N) is 2. The number of hydrogen-bond acceptors (Lipinski definition) is 5. The van der Waals surface area contributed by atoms with Crippen LogP contribution in [0.1, 0.15) is 30.4 Å². The number of halogens is 3. The fourth-order valence-electron chi connectivity index (χ4n) is 4.35. The first-order chi connectivity index (χ1) is 17.4. The summed E-state index contributed by atoms with van der Waals surface area (Å²) in [5, 5.41) is 7.12. The Morgan fingerprint density at radius 2 is 1.68 bits per heavy atom. The monoisotopic (exact) mass is 515 g/mol. The molecule has 1 aliphatic heterocycles. The van der Waals surface area contributed by atoms with E-state index in [2.05, 4.69) is 29.3 Å². The molecule has 10 heteroatoms. The highest BCUT2D eigenvalue weighted by Gasteiger charge is 2.49. The van der Waals surface area contributed by atoms with Gasteiger partial charge in [0.1, 0.15) is 0 Å². The van der Waals surface area contributed by atoms with E-state index in [1.165, 1.54) is 16.0 Å². The normalized spacial score (nSPS) is 23.2. The van der Waals surface area contributed by atoms with Crippen molar-refractivity contribution in [1.29, 1.82) is 0 Å². The lowest BCUT2D eigenvalue weighted by Gasteiger charge is -2.35. The number of allylic oxidation sites excluding steroid dienone is 2. The standard InChI is InChI=1S/C25H27N3O2.C2HF3O2/c1-28-22(29)25(27-23(28)26,21-13-7-4-8-14-21)17-16-24(30-2)15-9-12-20(18-24)19-10-5-3-6-11-19;3-2(4,5)1(6)7/h3-15H,16-18H2,1-2H3,(H2,26,27);(H,6,7). The predicted octanol–water partition coefficient (Wildman–Crippen LogP) is 4.51. The number of methoxy groups -OCH3 is 1. The molecule has 2 aromatic carbocycles. The first-order valence-corrected chi connectivity index (χ1v) is 11.4. The number of ether oxygens (including phenoxy) is 1. The molecule has 7 nitrogen and oxygen atoms in total. The van der Waals surface area contributed by atoms with Crippen molar-refractivity contribution in [2.24, 2.45) is 10.7 Å². The number of aliphatic imine (C=N–C) groups is 1. The topological polar surface area (TPSA) is 105 Å². The summed E-state index contributed by atoms with van der Waals surface area (Å²) in [6.45, 7) is 0. The first-order valence-electron chi connectivity index (χ1n) is 11.4. The number of carboxylic acid groups (broad SMARTS) is 1. The molecule has 2 aliphatic rings. The van der Waals surface area contributed by atoms with E-state index in [-0.39, 0.29) is 11.9 Å². The molecule has 3 N–H and O–H groups in total. The van der Waals surface area contributed by atoms with Gasteiger partial charge in [0, 0.05) is 20.6 Å². The Hall–Kier alpha value is -3.92. The molecule has 37 heavy (non-hydrogen) atoms. The maximum atomic E-state index is 13.3. The number of carbonyl (C=O) groups excluding carboxylic acids is 1. The Labute approximate surface area is 212 Å². The lowest BCUT2D eigenvalue weighted by atomic mass is 9.77. The molecule has 1 amide bonds. The molecule has 0 aromatic heterocycles. The van der Waals surface area contributed by atoms with E-state index in [4.69, 9.17) is 20.4 Å². The number of amides is 1. The first kappa shape index (κ1) is 27.7. The quantitative estimate of drug-likeness (QED) is 0.589. The van der Waals surface area contributed by atoms with Crippen molar-refractivity contribution in [3.63, 3.8) is 0 Å². The number of rotatable bonds is 6. The van der Waals surface area contributed by atoms with Gasteiger partial charge in [-0.15, -0.1) is 0 Å². The number of alkyl halides is 3. The van der Waals surface area contributed by atoms with Crippen molar-refractivity contribution >= 4 is 23.4 Å². The van der Waals surface area contributed by atoms with Crippen LogP contribution in [0, 0.1) is 0 Å². The third-order valence-electron chi connectivity index (χ3n) is 6.45. The summed E-state index contributed by atoms with van der Waals surface area (Å²) in [5.74, 6) is -2.61. The number of carboxylic acids is 1. The molecule has 0 fully saturated rings. The van der Waals surface area contributed by atoms with Crippen molar-refractivity contribution < 1.29 is 32.6 Å². The minimum atomic E-state index is -5.08. The Balaban J connectivity index is 0.000000479. The fraction of sp³-hybridized carbons (Fsp3) is 0.296. The average molecular weight is 516 g/mol. The van der Waals surface area contributed by atoms with Crippen LogP contribution in [-0.4, -0.2) is 53.8 Å². The lowest BCUT2D eigenvalue weighted by Crippen LogP contribution is -2.42. The average Bonchev–Trinajstić information content (AvgIpc) is 3.12. The Morgan fingerprint density at radius 3 is 2.16 bits per heavy atom. The van der Waals surface area contributed by atoms with Crippen molar-refractivity contribution in [2.45, 2.75) is 36.6 Å². The minimum absolute atomic E-state index is 0.101. The summed E-state index contributed by atoms with van der Waals surface area (Å²) in [7, 11) is 3.41. The van der Waals surface area contributed by atoms with Gasteiger partial charge in [-0.05, 0) is 29.5 Å². The van der Waals surface area contributed by atoms with Gasteiger partial charge in [-0.3, -0.25) is 9.69 Å². The van der Waals surface area contributed by atoms with Gasteiger partial charge < -0.3 is 15.6 Å². The van der Waals surface area contributed by atoms with Crippen molar-refractivity contribution in [1.82, 2.24) is 4.90 Å². The Morgan fingerprint density at radius 1 is 1.11 bits per heavy atom. The van der Waals surface area contributed by atoms with Gasteiger partial charge in [0.2, 0.25) is 0 Å². The van der Waals surface area contributed by atoms with Crippen molar-refractivity contribution in [3.05, 3.63) is 90.0 Å².